The molecule has 0 saturated carbocycles. The maximum absolute atomic E-state index is 12.7. The fourth-order valence-corrected chi connectivity index (χ4v) is 2.08. The van der Waals surface area contributed by atoms with E-state index < -0.39 is 0 Å². The van der Waals surface area contributed by atoms with Crippen molar-refractivity contribution >= 4 is 0 Å². The summed E-state index contributed by atoms with van der Waals surface area (Å²) in [7, 11) is 0. The Labute approximate surface area is 89.8 Å². The van der Waals surface area contributed by atoms with Gasteiger partial charge in [0.25, 0.3) is 0 Å². The van der Waals surface area contributed by atoms with Crippen molar-refractivity contribution in [2.75, 3.05) is 0 Å². The van der Waals surface area contributed by atoms with Crippen LogP contribution in [0.5, 0.6) is 0 Å². The van der Waals surface area contributed by atoms with E-state index in [1.165, 1.54) is 12.1 Å². The number of benzene rings is 1. The van der Waals surface area contributed by atoms with E-state index in [9.17, 15) is 4.39 Å². The first-order valence-electron chi connectivity index (χ1n) is 5.39. The Balaban J connectivity index is 2.10. The van der Waals surface area contributed by atoms with E-state index in [0.29, 0.717) is 0 Å². The van der Waals surface area contributed by atoms with Crippen LogP contribution in [0.1, 0.15) is 24.8 Å². The van der Waals surface area contributed by atoms with Gasteiger partial charge in [0.2, 0.25) is 0 Å². The lowest BCUT2D eigenvalue weighted by atomic mass is 9.83. The Hall–Kier alpha value is -1.15. The molecule has 80 valence electrons. The van der Waals surface area contributed by atoms with Gasteiger partial charge in [0.1, 0.15) is 5.82 Å². The number of rotatable bonds is 2. The average Bonchev–Trinajstić information content (AvgIpc) is 2.22. The zero-order chi connectivity index (χ0) is 10.7. The highest BCUT2D eigenvalue weighted by atomic mass is 19.1. The van der Waals surface area contributed by atoms with Gasteiger partial charge in [-0.1, -0.05) is 24.3 Å². The molecule has 0 saturated heterocycles. The molecule has 0 aromatic heterocycles. The first kappa shape index (κ1) is 10.4. The van der Waals surface area contributed by atoms with Gasteiger partial charge in [-0.3, -0.25) is 0 Å². The molecule has 1 aromatic carbocycles. The Kier molecular flexibility index (Phi) is 2.87. The maximum Gasteiger partial charge on any atom is 0.123 e. The molecule has 0 fully saturated rings. The summed E-state index contributed by atoms with van der Waals surface area (Å²) in [5, 5.41) is 0. The molecule has 2 heteroatoms. The summed E-state index contributed by atoms with van der Waals surface area (Å²) in [4.78, 5) is 0. The van der Waals surface area contributed by atoms with Crippen LogP contribution in [0.25, 0.3) is 0 Å². The van der Waals surface area contributed by atoms with Gasteiger partial charge in [-0.05, 0) is 43.4 Å². The molecule has 1 atom stereocenters. The summed E-state index contributed by atoms with van der Waals surface area (Å²) >= 11 is 0. The van der Waals surface area contributed by atoms with Crippen LogP contribution < -0.4 is 5.73 Å². The third kappa shape index (κ3) is 2.66. The van der Waals surface area contributed by atoms with Crippen LogP contribution in [0.3, 0.4) is 0 Å². The van der Waals surface area contributed by atoms with Gasteiger partial charge >= 0.3 is 0 Å². The van der Waals surface area contributed by atoms with Gasteiger partial charge < -0.3 is 5.73 Å². The SMILES string of the molecule is NC1(Cc2ccc(F)cc2)C=CCCC1. The predicted molar refractivity (Wildman–Crippen MR) is 60.0 cm³/mol. The van der Waals surface area contributed by atoms with Gasteiger partial charge in [0.15, 0.2) is 0 Å². The van der Waals surface area contributed by atoms with Gasteiger partial charge in [0, 0.05) is 5.54 Å². The van der Waals surface area contributed by atoms with Crippen LogP contribution in [-0.2, 0) is 6.42 Å². The molecule has 0 aliphatic heterocycles. The van der Waals surface area contributed by atoms with E-state index in [1.54, 1.807) is 0 Å². The molecule has 0 bridgehead atoms. The van der Waals surface area contributed by atoms with Crippen molar-refractivity contribution in [1.82, 2.24) is 0 Å². The summed E-state index contributed by atoms with van der Waals surface area (Å²) < 4.78 is 12.7. The standard InChI is InChI=1S/C13H16FN/c14-12-6-4-11(5-7-12)10-13(15)8-2-1-3-9-13/h2,4-8H,1,3,9-10,15H2. The van der Waals surface area contributed by atoms with Gasteiger partial charge in [0.05, 0.1) is 0 Å². The van der Waals surface area contributed by atoms with Gasteiger partial charge in [-0.2, -0.15) is 0 Å². The Morgan fingerprint density at radius 1 is 1.27 bits per heavy atom. The van der Waals surface area contributed by atoms with Crippen LogP contribution in [0.2, 0.25) is 0 Å². The highest BCUT2D eigenvalue weighted by Gasteiger charge is 2.23. The van der Waals surface area contributed by atoms with Crippen molar-refractivity contribution in [2.45, 2.75) is 31.2 Å². The summed E-state index contributed by atoms with van der Waals surface area (Å²) in [6.45, 7) is 0. The Morgan fingerprint density at radius 3 is 2.60 bits per heavy atom. The van der Waals surface area contributed by atoms with E-state index in [2.05, 4.69) is 12.2 Å². The average molecular weight is 205 g/mol. The Bertz CT molecular complexity index is 355. The molecule has 0 heterocycles. The van der Waals surface area contributed by atoms with Crippen LogP contribution >= 0.6 is 0 Å². The van der Waals surface area contributed by atoms with E-state index in [0.717, 1.165) is 31.2 Å². The summed E-state index contributed by atoms with van der Waals surface area (Å²) in [5.41, 5.74) is 7.12. The molecule has 15 heavy (non-hydrogen) atoms. The number of allylic oxidation sites excluding steroid dienone is 1. The lowest BCUT2D eigenvalue weighted by Crippen LogP contribution is -2.41. The first-order valence-corrected chi connectivity index (χ1v) is 5.39. The second-order valence-electron chi connectivity index (χ2n) is 4.33. The Morgan fingerprint density at radius 2 is 2.00 bits per heavy atom. The lowest BCUT2D eigenvalue weighted by molar-refractivity contribution is 0.450. The molecule has 1 aliphatic carbocycles. The van der Waals surface area contributed by atoms with Crippen molar-refractivity contribution in [2.24, 2.45) is 5.73 Å². The second-order valence-corrected chi connectivity index (χ2v) is 4.33. The third-order valence-electron chi connectivity index (χ3n) is 2.91. The van der Waals surface area contributed by atoms with Crippen LogP contribution in [0.4, 0.5) is 4.39 Å². The van der Waals surface area contributed by atoms with Crippen molar-refractivity contribution < 1.29 is 4.39 Å². The van der Waals surface area contributed by atoms with E-state index in [4.69, 9.17) is 5.73 Å². The highest BCUT2D eigenvalue weighted by molar-refractivity contribution is 5.22. The lowest BCUT2D eigenvalue weighted by Gasteiger charge is -2.28. The zero-order valence-corrected chi connectivity index (χ0v) is 8.75. The first-order chi connectivity index (χ1) is 7.18. The molecule has 1 unspecified atom stereocenters. The molecule has 1 aromatic rings. The van der Waals surface area contributed by atoms with Gasteiger partial charge in [-0.15, -0.1) is 0 Å². The smallest absolute Gasteiger partial charge is 0.123 e. The summed E-state index contributed by atoms with van der Waals surface area (Å²) in [6, 6.07) is 6.61. The molecule has 1 nitrogen and oxygen atoms in total. The predicted octanol–water partition coefficient (Wildman–Crippen LogP) is 2.81. The van der Waals surface area contributed by atoms with Crippen LogP contribution in [0.15, 0.2) is 36.4 Å². The van der Waals surface area contributed by atoms with Crippen LogP contribution in [0, 0.1) is 5.82 Å². The van der Waals surface area contributed by atoms with Crippen molar-refractivity contribution in [3.8, 4) is 0 Å². The second kappa shape index (κ2) is 4.15. The van der Waals surface area contributed by atoms with Crippen LogP contribution in [-0.4, -0.2) is 5.54 Å². The monoisotopic (exact) mass is 205 g/mol. The largest absolute Gasteiger partial charge is 0.322 e. The number of hydrogen-bond donors (Lipinski definition) is 1. The molecule has 0 amide bonds. The van der Waals surface area contributed by atoms with Gasteiger partial charge in [-0.25, -0.2) is 4.39 Å². The topological polar surface area (TPSA) is 26.0 Å². The van der Waals surface area contributed by atoms with E-state index in [-0.39, 0.29) is 11.4 Å². The van der Waals surface area contributed by atoms with E-state index >= 15 is 0 Å². The van der Waals surface area contributed by atoms with Crippen molar-refractivity contribution in [1.29, 1.82) is 0 Å². The zero-order valence-electron chi connectivity index (χ0n) is 8.75. The fourth-order valence-electron chi connectivity index (χ4n) is 2.08. The van der Waals surface area contributed by atoms with Crippen molar-refractivity contribution in [3.63, 3.8) is 0 Å². The molecule has 1 aliphatic rings. The highest BCUT2D eigenvalue weighted by Crippen LogP contribution is 2.23. The molecule has 2 N–H and O–H groups in total. The fraction of sp³-hybridized carbons (Fsp3) is 0.385. The van der Waals surface area contributed by atoms with Crippen molar-refractivity contribution in [3.05, 3.63) is 47.8 Å². The molecule has 2 rings (SSSR count). The third-order valence-corrected chi connectivity index (χ3v) is 2.91. The molecule has 0 spiro atoms. The molecular formula is C13H16FN. The quantitative estimate of drug-likeness (QED) is 0.738. The van der Waals surface area contributed by atoms with E-state index in [1.807, 2.05) is 12.1 Å². The molecular weight excluding hydrogens is 189 g/mol. The summed E-state index contributed by atoms with van der Waals surface area (Å²) in [5.74, 6) is -0.191. The molecule has 0 radical (unpaired) electrons. The minimum absolute atomic E-state index is 0.191. The minimum Gasteiger partial charge on any atom is -0.322 e. The summed E-state index contributed by atoms with van der Waals surface area (Å²) in [6.07, 6.45) is 8.33. The number of halogens is 1. The normalized spacial score (nSPS) is 25.5. The number of hydrogen-bond acceptors (Lipinski definition) is 1. The maximum atomic E-state index is 12.7. The minimum atomic E-state index is -0.226. The number of nitrogens with two attached hydrogens (primary N) is 1.